The number of esters is 2. The van der Waals surface area contributed by atoms with E-state index in [1.54, 1.807) is 0 Å². The molecule has 1 heterocycles. The number of rotatable bonds is 4. The van der Waals surface area contributed by atoms with Crippen LogP contribution in [0.15, 0.2) is 46.8 Å². The molecule has 0 fully saturated rings. The van der Waals surface area contributed by atoms with E-state index in [4.69, 9.17) is 0 Å². The van der Waals surface area contributed by atoms with Crippen LogP contribution in [-0.2, 0) is 19.1 Å². The Bertz CT molecular complexity index is 904. The van der Waals surface area contributed by atoms with Crippen molar-refractivity contribution in [3.05, 3.63) is 62.5 Å². The standard InChI is InChI=1S/C17H15F3N2O6/c1-8-11(15(23)27-2)12(9-6-4-5-7-10(9)22(25)26)13(16(24)28-3)14(21-8)17(18,19)20/h4-7,12,21H,1-3H3. The van der Waals surface area contributed by atoms with E-state index in [9.17, 15) is 32.9 Å². The largest absolute Gasteiger partial charge is 0.466 e. The number of dihydropyridines is 1. The van der Waals surface area contributed by atoms with E-state index in [0.29, 0.717) is 0 Å². The van der Waals surface area contributed by atoms with E-state index >= 15 is 0 Å². The van der Waals surface area contributed by atoms with E-state index in [-0.39, 0.29) is 16.8 Å². The van der Waals surface area contributed by atoms with E-state index < -0.39 is 45.9 Å². The number of hydrogen-bond donors (Lipinski definition) is 1. The summed E-state index contributed by atoms with van der Waals surface area (Å²) in [7, 11) is 1.86. The fourth-order valence-electron chi connectivity index (χ4n) is 2.97. The lowest BCUT2D eigenvalue weighted by molar-refractivity contribution is -0.385. The maximum absolute atomic E-state index is 13.6. The normalized spacial score (nSPS) is 17.1. The number of para-hydroxylation sites is 1. The smallest absolute Gasteiger partial charge is 0.431 e. The molecule has 1 aromatic rings. The summed E-state index contributed by atoms with van der Waals surface area (Å²) in [5.41, 5.74) is -3.91. The van der Waals surface area contributed by atoms with Crippen molar-refractivity contribution in [1.82, 2.24) is 5.32 Å². The number of nitrogens with one attached hydrogen (secondary N) is 1. The molecule has 0 radical (unpaired) electrons. The van der Waals surface area contributed by atoms with Gasteiger partial charge in [-0.2, -0.15) is 13.2 Å². The molecule has 1 aromatic carbocycles. The molecule has 1 aliphatic rings. The second-order valence-corrected chi connectivity index (χ2v) is 5.68. The van der Waals surface area contributed by atoms with Gasteiger partial charge in [-0.15, -0.1) is 0 Å². The number of hydrogen-bond acceptors (Lipinski definition) is 7. The quantitative estimate of drug-likeness (QED) is 0.470. The minimum Gasteiger partial charge on any atom is -0.466 e. The minimum atomic E-state index is -5.02. The van der Waals surface area contributed by atoms with Gasteiger partial charge in [-0.25, -0.2) is 9.59 Å². The van der Waals surface area contributed by atoms with Crippen LogP contribution in [0.25, 0.3) is 0 Å². The van der Waals surface area contributed by atoms with Gasteiger partial charge in [0.15, 0.2) is 0 Å². The highest BCUT2D eigenvalue weighted by molar-refractivity contribution is 6.00. The highest BCUT2D eigenvalue weighted by Gasteiger charge is 2.48. The Morgan fingerprint density at radius 2 is 1.64 bits per heavy atom. The van der Waals surface area contributed by atoms with Crippen LogP contribution >= 0.6 is 0 Å². The van der Waals surface area contributed by atoms with Gasteiger partial charge in [0, 0.05) is 17.3 Å². The Kier molecular flexibility index (Phi) is 5.76. The zero-order valence-corrected chi connectivity index (χ0v) is 14.9. The molecule has 150 valence electrons. The molecule has 2 rings (SSSR count). The molecule has 0 bridgehead atoms. The third-order valence-corrected chi connectivity index (χ3v) is 4.10. The molecule has 0 amide bonds. The number of methoxy groups -OCH3 is 2. The third-order valence-electron chi connectivity index (χ3n) is 4.10. The number of carbonyl (C=O) groups is 2. The number of ether oxygens (including phenoxy) is 2. The average molecular weight is 400 g/mol. The monoisotopic (exact) mass is 400 g/mol. The number of allylic oxidation sites excluding steroid dienone is 2. The molecule has 28 heavy (non-hydrogen) atoms. The van der Waals surface area contributed by atoms with Crippen molar-refractivity contribution in [3.8, 4) is 0 Å². The van der Waals surface area contributed by atoms with E-state index in [1.807, 2.05) is 5.32 Å². The van der Waals surface area contributed by atoms with Crippen LogP contribution in [0.3, 0.4) is 0 Å². The predicted octanol–water partition coefficient (Wildman–Crippen LogP) is 2.72. The van der Waals surface area contributed by atoms with Crippen LogP contribution in [-0.4, -0.2) is 37.3 Å². The van der Waals surface area contributed by atoms with Crippen LogP contribution in [0.1, 0.15) is 18.4 Å². The molecular formula is C17H15F3N2O6. The van der Waals surface area contributed by atoms with Gasteiger partial charge >= 0.3 is 18.1 Å². The van der Waals surface area contributed by atoms with Gasteiger partial charge in [0.25, 0.3) is 5.69 Å². The molecule has 1 aliphatic heterocycles. The second kappa shape index (κ2) is 7.71. The zero-order valence-electron chi connectivity index (χ0n) is 14.9. The Morgan fingerprint density at radius 1 is 1.11 bits per heavy atom. The van der Waals surface area contributed by atoms with Crippen molar-refractivity contribution in [2.75, 3.05) is 14.2 Å². The average Bonchev–Trinajstić information content (AvgIpc) is 2.65. The van der Waals surface area contributed by atoms with Gasteiger partial charge in [0.05, 0.1) is 36.2 Å². The number of benzene rings is 1. The van der Waals surface area contributed by atoms with Gasteiger partial charge < -0.3 is 14.8 Å². The maximum atomic E-state index is 13.6. The molecule has 0 spiro atoms. The number of carbonyl (C=O) groups excluding carboxylic acids is 2. The zero-order chi connectivity index (χ0) is 21.2. The minimum absolute atomic E-state index is 0.255. The predicted molar refractivity (Wildman–Crippen MR) is 88.8 cm³/mol. The first kappa shape index (κ1) is 20.9. The van der Waals surface area contributed by atoms with Crippen molar-refractivity contribution in [2.45, 2.75) is 19.0 Å². The van der Waals surface area contributed by atoms with Gasteiger partial charge in [0.1, 0.15) is 5.70 Å². The lowest BCUT2D eigenvalue weighted by Gasteiger charge is -2.31. The maximum Gasteiger partial charge on any atom is 0.431 e. The fraction of sp³-hybridized carbons (Fsp3) is 0.294. The molecule has 0 saturated heterocycles. The van der Waals surface area contributed by atoms with Gasteiger partial charge in [-0.1, -0.05) is 18.2 Å². The summed E-state index contributed by atoms with van der Waals surface area (Å²) in [6, 6.07) is 4.88. The lowest BCUT2D eigenvalue weighted by atomic mass is 9.79. The van der Waals surface area contributed by atoms with E-state index in [0.717, 1.165) is 20.3 Å². The summed E-state index contributed by atoms with van der Waals surface area (Å²) >= 11 is 0. The Labute approximate surface area is 156 Å². The van der Waals surface area contributed by atoms with Gasteiger partial charge in [0.2, 0.25) is 0 Å². The highest BCUT2D eigenvalue weighted by atomic mass is 19.4. The van der Waals surface area contributed by atoms with Crippen LogP contribution in [0.2, 0.25) is 0 Å². The summed E-state index contributed by atoms with van der Waals surface area (Å²) in [5, 5.41) is 13.4. The molecule has 1 N–H and O–H groups in total. The second-order valence-electron chi connectivity index (χ2n) is 5.68. The van der Waals surface area contributed by atoms with Gasteiger partial charge in [-0.3, -0.25) is 10.1 Å². The summed E-state index contributed by atoms with van der Waals surface area (Å²) in [4.78, 5) is 35.2. The van der Waals surface area contributed by atoms with Crippen molar-refractivity contribution in [1.29, 1.82) is 0 Å². The summed E-state index contributed by atoms with van der Waals surface area (Å²) in [6.07, 6.45) is -5.02. The van der Waals surface area contributed by atoms with E-state index in [2.05, 4.69) is 9.47 Å². The van der Waals surface area contributed by atoms with Crippen LogP contribution < -0.4 is 5.32 Å². The first-order valence-electron chi connectivity index (χ1n) is 7.73. The number of nitro groups is 1. The highest BCUT2D eigenvalue weighted by Crippen LogP contribution is 2.45. The number of halogens is 3. The molecule has 1 unspecified atom stereocenters. The van der Waals surface area contributed by atoms with E-state index in [1.165, 1.54) is 25.1 Å². The number of alkyl halides is 3. The Hall–Kier alpha value is -3.37. The van der Waals surface area contributed by atoms with Crippen LogP contribution in [0, 0.1) is 10.1 Å². The first-order valence-corrected chi connectivity index (χ1v) is 7.73. The molecule has 8 nitrogen and oxygen atoms in total. The van der Waals surface area contributed by atoms with Crippen molar-refractivity contribution in [2.24, 2.45) is 0 Å². The van der Waals surface area contributed by atoms with Crippen molar-refractivity contribution >= 4 is 17.6 Å². The molecule has 0 aromatic heterocycles. The lowest BCUT2D eigenvalue weighted by Crippen LogP contribution is -2.38. The first-order chi connectivity index (χ1) is 13.0. The Balaban J connectivity index is 2.94. The summed E-state index contributed by atoms with van der Waals surface area (Å²) in [6.45, 7) is 1.17. The van der Waals surface area contributed by atoms with Crippen LogP contribution in [0.5, 0.6) is 0 Å². The van der Waals surface area contributed by atoms with Crippen LogP contribution in [0.4, 0.5) is 18.9 Å². The Morgan fingerprint density at radius 3 is 2.14 bits per heavy atom. The molecular weight excluding hydrogens is 385 g/mol. The third kappa shape index (κ3) is 3.68. The molecule has 1 atom stereocenters. The number of nitro benzene ring substituents is 1. The fourth-order valence-corrected chi connectivity index (χ4v) is 2.97. The number of nitrogens with zero attached hydrogens (tertiary/aromatic N) is 1. The molecule has 11 heteroatoms. The summed E-state index contributed by atoms with van der Waals surface area (Å²) in [5.74, 6) is -4.16. The summed E-state index contributed by atoms with van der Waals surface area (Å²) < 4.78 is 50.0. The van der Waals surface area contributed by atoms with Crippen molar-refractivity contribution in [3.63, 3.8) is 0 Å². The SMILES string of the molecule is COC(=O)C1=C(C)NC(C(F)(F)F)=C(C(=O)OC)C1c1ccccc1[N+](=O)[O-]. The topological polar surface area (TPSA) is 108 Å². The molecule has 0 saturated carbocycles. The molecule has 0 aliphatic carbocycles. The van der Waals surface area contributed by atoms with Crippen molar-refractivity contribution < 1.29 is 37.2 Å². The van der Waals surface area contributed by atoms with Gasteiger partial charge in [-0.05, 0) is 6.92 Å².